The average Bonchev–Trinajstić information content (AvgIpc) is 2.65. The standard InChI is InChI=1S/C10H18ClN3O/c1-4-9(11)10-7-14(13-12-10)5-6-15-8(2)3/h7-9H,4-6H2,1-3H3. The van der Waals surface area contributed by atoms with E-state index in [2.05, 4.69) is 10.3 Å². The summed E-state index contributed by atoms with van der Waals surface area (Å²) in [5.41, 5.74) is 0.837. The molecule has 0 aliphatic heterocycles. The number of ether oxygens (including phenoxy) is 1. The second-order valence-electron chi connectivity index (χ2n) is 3.70. The molecular formula is C10H18ClN3O. The van der Waals surface area contributed by atoms with Gasteiger partial charge in [0.15, 0.2) is 0 Å². The number of halogens is 1. The van der Waals surface area contributed by atoms with Crippen LogP contribution in [0.2, 0.25) is 0 Å². The minimum atomic E-state index is -0.0373. The van der Waals surface area contributed by atoms with Crippen LogP contribution < -0.4 is 0 Å². The predicted octanol–water partition coefficient (Wildman–Crippen LogP) is 2.39. The Bertz CT molecular complexity index is 288. The van der Waals surface area contributed by atoms with Gasteiger partial charge in [0.05, 0.1) is 30.8 Å². The minimum absolute atomic E-state index is 0.0373. The van der Waals surface area contributed by atoms with Crippen molar-refractivity contribution >= 4 is 11.6 Å². The Kier molecular flexibility index (Phi) is 5.05. The van der Waals surface area contributed by atoms with E-state index in [-0.39, 0.29) is 11.5 Å². The summed E-state index contributed by atoms with van der Waals surface area (Å²) in [7, 11) is 0. The van der Waals surface area contributed by atoms with Crippen molar-refractivity contribution in [3.8, 4) is 0 Å². The average molecular weight is 232 g/mol. The fourth-order valence-electron chi connectivity index (χ4n) is 1.16. The molecule has 15 heavy (non-hydrogen) atoms. The topological polar surface area (TPSA) is 39.9 Å². The molecule has 1 aromatic rings. The fraction of sp³-hybridized carbons (Fsp3) is 0.800. The van der Waals surface area contributed by atoms with E-state index in [0.29, 0.717) is 6.61 Å². The van der Waals surface area contributed by atoms with Crippen molar-refractivity contribution < 1.29 is 4.74 Å². The monoisotopic (exact) mass is 231 g/mol. The largest absolute Gasteiger partial charge is 0.377 e. The number of hydrogen-bond donors (Lipinski definition) is 0. The molecule has 0 bridgehead atoms. The van der Waals surface area contributed by atoms with Crippen molar-refractivity contribution in [1.29, 1.82) is 0 Å². The number of nitrogens with zero attached hydrogens (tertiary/aromatic N) is 3. The van der Waals surface area contributed by atoms with Crippen LogP contribution in [-0.4, -0.2) is 27.7 Å². The first-order chi connectivity index (χ1) is 7.13. The van der Waals surface area contributed by atoms with E-state index < -0.39 is 0 Å². The summed E-state index contributed by atoms with van der Waals surface area (Å²) in [6, 6.07) is 0. The maximum absolute atomic E-state index is 6.04. The van der Waals surface area contributed by atoms with Gasteiger partial charge in [-0.3, -0.25) is 0 Å². The molecule has 0 spiro atoms. The van der Waals surface area contributed by atoms with E-state index in [1.807, 2.05) is 27.0 Å². The molecule has 1 rings (SSSR count). The highest BCUT2D eigenvalue weighted by atomic mass is 35.5. The summed E-state index contributed by atoms with van der Waals surface area (Å²) >= 11 is 6.04. The van der Waals surface area contributed by atoms with E-state index in [1.165, 1.54) is 0 Å². The van der Waals surface area contributed by atoms with Crippen LogP contribution in [0.3, 0.4) is 0 Å². The fourth-order valence-corrected chi connectivity index (χ4v) is 1.26. The zero-order chi connectivity index (χ0) is 11.3. The molecule has 0 N–H and O–H groups in total. The number of aromatic nitrogens is 3. The van der Waals surface area contributed by atoms with E-state index in [0.717, 1.165) is 18.7 Å². The van der Waals surface area contributed by atoms with Gasteiger partial charge in [0.1, 0.15) is 5.69 Å². The predicted molar refractivity (Wildman–Crippen MR) is 60.0 cm³/mol. The quantitative estimate of drug-likeness (QED) is 0.706. The highest BCUT2D eigenvalue weighted by Gasteiger charge is 2.09. The molecule has 0 amide bonds. The molecule has 1 unspecified atom stereocenters. The molecule has 0 radical (unpaired) electrons. The lowest BCUT2D eigenvalue weighted by Gasteiger charge is -2.06. The van der Waals surface area contributed by atoms with Gasteiger partial charge in [0.2, 0.25) is 0 Å². The zero-order valence-corrected chi connectivity index (χ0v) is 10.2. The highest BCUT2D eigenvalue weighted by Crippen LogP contribution is 2.20. The summed E-state index contributed by atoms with van der Waals surface area (Å²) < 4.78 is 7.19. The van der Waals surface area contributed by atoms with E-state index in [1.54, 1.807) is 4.68 Å². The number of rotatable bonds is 6. The lowest BCUT2D eigenvalue weighted by Crippen LogP contribution is -2.10. The van der Waals surface area contributed by atoms with E-state index in [4.69, 9.17) is 16.3 Å². The molecule has 4 nitrogen and oxygen atoms in total. The van der Waals surface area contributed by atoms with Crippen molar-refractivity contribution in [3.63, 3.8) is 0 Å². The Morgan fingerprint density at radius 2 is 2.27 bits per heavy atom. The summed E-state index contributed by atoms with van der Waals surface area (Å²) in [6.07, 6.45) is 3.00. The minimum Gasteiger partial charge on any atom is -0.377 e. The zero-order valence-electron chi connectivity index (χ0n) is 9.48. The normalized spacial score (nSPS) is 13.4. The molecule has 86 valence electrons. The maximum atomic E-state index is 6.04. The molecule has 5 heteroatoms. The highest BCUT2D eigenvalue weighted by molar-refractivity contribution is 6.20. The molecule has 0 fully saturated rings. The van der Waals surface area contributed by atoms with E-state index >= 15 is 0 Å². The second kappa shape index (κ2) is 6.08. The van der Waals surface area contributed by atoms with Crippen LogP contribution in [0.5, 0.6) is 0 Å². The first-order valence-electron chi connectivity index (χ1n) is 5.29. The summed E-state index contributed by atoms with van der Waals surface area (Å²) in [5, 5.41) is 7.96. The second-order valence-corrected chi connectivity index (χ2v) is 4.23. The van der Waals surface area contributed by atoms with Crippen LogP contribution >= 0.6 is 11.6 Å². The van der Waals surface area contributed by atoms with Gasteiger partial charge in [-0.05, 0) is 20.3 Å². The lowest BCUT2D eigenvalue weighted by atomic mass is 10.3. The van der Waals surface area contributed by atoms with Crippen LogP contribution in [-0.2, 0) is 11.3 Å². The Labute approximate surface area is 95.6 Å². The molecule has 1 atom stereocenters. The molecule has 0 aliphatic rings. The van der Waals surface area contributed by atoms with Gasteiger partial charge in [0.25, 0.3) is 0 Å². The molecular weight excluding hydrogens is 214 g/mol. The number of alkyl halides is 1. The van der Waals surface area contributed by atoms with Gasteiger partial charge in [0, 0.05) is 0 Å². The maximum Gasteiger partial charge on any atom is 0.100 e. The van der Waals surface area contributed by atoms with Crippen molar-refractivity contribution in [2.24, 2.45) is 0 Å². The Hall–Kier alpha value is -0.610. The Balaban J connectivity index is 2.39. The van der Waals surface area contributed by atoms with Gasteiger partial charge in [-0.1, -0.05) is 12.1 Å². The van der Waals surface area contributed by atoms with Crippen LogP contribution in [0.4, 0.5) is 0 Å². The molecule has 0 saturated heterocycles. The van der Waals surface area contributed by atoms with E-state index in [9.17, 15) is 0 Å². The van der Waals surface area contributed by atoms with Crippen molar-refractivity contribution in [1.82, 2.24) is 15.0 Å². The van der Waals surface area contributed by atoms with Gasteiger partial charge in [-0.2, -0.15) is 0 Å². The van der Waals surface area contributed by atoms with Crippen LogP contribution in [0.15, 0.2) is 6.20 Å². The molecule has 0 aliphatic carbocycles. The Morgan fingerprint density at radius 1 is 1.53 bits per heavy atom. The van der Waals surface area contributed by atoms with Gasteiger partial charge in [-0.15, -0.1) is 16.7 Å². The van der Waals surface area contributed by atoms with Gasteiger partial charge in [-0.25, -0.2) is 4.68 Å². The molecule has 0 aromatic carbocycles. The third-order valence-electron chi connectivity index (χ3n) is 2.01. The third-order valence-corrected chi connectivity index (χ3v) is 2.54. The van der Waals surface area contributed by atoms with Crippen LogP contribution in [0.1, 0.15) is 38.3 Å². The Morgan fingerprint density at radius 3 is 2.87 bits per heavy atom. The molecule has 1 aromatic heterocycles. The summed E-state index contributed by atoms with van der Waals surface area (Å²) in [5.74, 6) is 0. The van der Waals surface area contributed by atoms with Gasteiger partial charge >= 0.3 is 0 Å². The first kappa shape index (κ1) is 12.5. The van der Waals surface area contributed by atoms with Crippen LogP contribution in [0.25, 0.3) is 0 Å². The van der Waals surface area contributed by atoms with Crippen LogP contribution in [0, 0.1) is 0 Å². The summed E-state index contributed by atoms with van der Waals surface area (Å²) in [6.45, 7) is 7.42. The number of hydrogen-bond acceptors (Lipinski definition) is 3. The third kappa shape index (κ3) is 4.18. The lowest BCUT2D eigenvalue weighted by molar-refractivity contribution is 0.0707. The first-order valence-corrected chi connectivity index (χ1v) is 5.72. The molecule has 0 saturated carbocycles. The van der Waals surface area contributed by atoms with Crippen molar-refractivity contribution in [3.05, 3.63) is 11.9 Å². The van der Waals surface area contributed by atoms with Crippen molar-refractivity contribution in [2.75, 3.05) is 6.61 Å². The SMILES string of the molecule is CCC(Cl)c1cn(CCOC(C)C)nn1. The van der Waals surface area contributed by atoms with Crippen molar-refractivity contribution in [2.45, 2.75) is 45.2 Å². The summed E-state index contributed by atoms with van der Waals surface area (Å²) in [4.78, 5) is 0. The smallest absolute Gasteiger partial charge is 0.100 e. The molecule has 1 heterocycles. The van der Waals surface area contributed by atoms with Gasteiger partial charge < -0.3 is 4.74 Å².